The number of anilines is 1. The first-order chi connectivity index (χ1) is 13.8. The number of hydrogen-bond acceptors (Lipinski definition) is 5. The SMILES string of the molecule is COc1ccc(C(C)NC(=O)C2CCN(c3cc(C(F)(F)F)ncn3)CC2)cc1. The summed E-state index contributed by atoms with van der Waals surface area (Å²) in [5.74, 6) is 0.748. The number of hydrogen-bond donors (Lipinski definition) is 1. The van der Waals surface area contributed by atoms with E-state index in [4.69, 9.17) is 4.74 Å². The summed E-state index contributed by atoms with van der Waals surface area (Å²) in [6, 6.07) is 8.29. The van der Waals surface area contributed by atoms with Gasteiger partial charge in [0.25, 0.3) is 0 Å². The van der Waals surface area contributed by atoms with Crippen LogP contribution in [0.15, 0.2) is 36.7 Å². The number of aromatic nitrogens is 2. The minimum Gasteiger partial charge on any atom is -0.497 e. The molecular weight excluding hydrogens is 385 g/mol. The molecular formula is C20H23F3N4O2. The molecule has 9 heteroatoms. The highest BCUT2D eigenvalue weighted by atomic mass is 19.4. The zero-order chi connectivity index (χ0) is 21.0. The maximum atomic E-state index is 12.8. The predicted molar refractivity (Wildman–Crippen MR) is 102 cm³/mol. The van der Waals surface area contributed by atoms with Gasteiger partial charge in [0.15, 0.2) is 0 Å². The highest BCUT2D eigenvalue weighted by Crippen LogP contribution is 2.30. The normalized spacial score (nSPS) is 16.4. The van der Waals surface area contributed by atoms with Crippen LogP contribution in [-0.4, -0.2) is 36.1 Å². The average Bonchev–Trinajstić information content (AvgIpc) is 2.73. The topological polar surface area (TPSA) is 67.3 Å². The van der Waals surface area contributed by atoms with E-state index in [0.29, 0.717) is 25.9 Å². The number of carbonyl (C=O) groups is 1. The molecule has 1 unspecified atom stereocenters. The molecule has 156 valence electrons. The van der Waals surface area contributed by atoms with Gasteiger partial charge in [-0.1, -0.05) is 12.1 Å². The number of carbonyl (C=O) groups excluding carboxylic acids is 1. The van der Waals surface area contributed by atoms with Gasteiger partial charge < -0.3 is 15.0 Å². The Kier molecular flexibility index (Phi) is 6.24. The molecule has 0 saturated carbocycles. The first-order valence-electron chi connectivity index (χ1n) is 9.36. The first kappa shape index (κ1) is 20.9. The van der Waals surface area contributed by atoms with Crippen molar-refractivity contribution in [3.8, 4) is 5.75 Å². The van der Waals surface area contributed by atoms with E-state index < -0.39 is 11.9 Å². The Bertz CT molecular complexity index is 834. The van der Waals surface area contributed by atoms with Crippen molar-refractivity contribution in [3.63, 3.8) is 0 Å². The molecule has 1 fully saturated rings. The zero-order valence-corrected chi connectivity index (χ0v) is 16.2. The average molecular weight is 408 g/mol. The molecule has 1 aliphatic heterocycles. The lowest BCUT2D eigenvalue weighted by Gasteiger charge is -2.32. The van der Waals surface area contributed by atoms with Gasteiger partial charge in [-0.05, 0) is 37.5 Å². The van der Waals surface area contributed by atoms with Crippen LogP contribution in [0.5, 0.6) is 5.75 Å². The Hall–Kier alpha value is -2.84. The van der Waals surface area contributed by atoms with Gasteiger partial charge in [-0.25, -0.2) is 9.97 Å². The second-order valence-corrected chi connectivity index (χ2v) is 7.02. The summed E-state index contributed by atoms with van der Waals surface area (Å²) in [7, 11) is 1.60. The number of piperidine rings is 1. The van der Waals surface area contributed by atoms with E-state index in [2.05, 4.69) is 15.3 Å². The molecule has 2 heterocycles. The van der Waals surface area contributed by atoms with Crippen molar-refractivity contribution in [1.82, 2.24) is 15.3 Å². The summed E-state index contributed by atoms with van der Waals surface area (Å²) >= 11 is 0. The maximum absolute atomic E-state index is 12.8. The van der Waals surface area contributed by atoms with Crippen LogP contribution in [0, 0.1) is 5.92 Å². The Morgan fingerprint density at radius 1 is 1.21 bits per heavy atom. The van der Waals surface area contributed by atoms with Crippen LogP contribution >= 0.6 is 0 Å². The van der Waals surface area contributed by atoms with Crippen LogP contribution in [0.1, 0.15) is 37.1 Å². The summed E-state index contributed by atoms with van der Waals surface area (Å²) < 4.78 is 43.6. The van der Waals surface area contributed by atoms with Crippen molar-refractivity contribution >= 4 is 11.7 Å². The van der Waals surface area contributed by atoms with Crippen molar-refractivity contribution < 1.29 is 22.7 Å². The molecule has 0 bridgehead atoms. The second-order valence-electron chi connectivity index (χ2n) is 7.02. The molecule has 3 rings (SSSR count). The quantitative estimate of drug-likeness (QED) is 0.819. The van der Waals surface area contributed by atoms with E-state index in [1.54, 1.807) is 12.0 Å². The van der Waals surface area contributed by atoms with E-state index >= 15 is 0 Å². The van der Waals surface area contributed by atoms with E-state index in [0.717, 1.165) is 23.7 Å². The van der Waals surface area contributed by atoms with Crippen LogP contribution in [0.25, 0.3) is 0 Å². The molecule has 1 atom stereocenters. The molecule has 1 saturated heterocycles. The van der Waals surface area contributed by atoms with Crippen molar-refractivity contribution in [2.45, 2.75) is 32.0 Å². The Morgan fingerprint density at radius 2 is 1.86 bits per heavy atom. The van der Waals surface area contributed by atoms with Gasteiger partial charge in [-0.15, -0.1) is 0 Å². The maximum Gasteiger partial charge on any atom is 0.433 e. The third-order valence-corrected chi connectivity index (χ3v) is 5.11. The monoisotopic (exact) mass is 408 g/mol. The van der Waals surface area contributed by atoms with Crippen molar-refractivity contribution in [1.29, 1.82) is 0 Å². The third-order valence-electron chi connectivity index (χ3n) is 5.11. The Labute approximate surface area is 167 Å². The third kappa shape index (κ3) is 5.16. The van der Waals surface area contributed by atoms with Crippen molar-refractivity contribution in [2.75, 3.05) is 25.1 Å². The van der Waals surface area contributed by atoms with Gasteiger partial charge in [0.1, 0.15) is 23.6 Å². The smallest absolute Gasteiger partial charge is 0.433 e. The van der Waals surface area contributed by atoms with Gasteiger partial charge >= 0.3 is 6.18 Å². The molecule has 1 amide bonds. The summed E-state index contributed by atoms with van der Waals surface area (Å²) in [5, 5.41) is 3.01. The summed E-state index contributed by atoms with van der Waals surface area (Å²) in [4.78, 5) is 21.6. The second kappa shape index (κ2) is 8.67. The highest BCUT2D eigenvalue weighted by Gasteiger charge is 2.34. The molecule has 6 nitrogen and oxygen atoms in total. The molecule has 1 aliphatic rings. The van der Waals surface area contributed by atoms with E-state index in [1.165, 1.54) is 0 Å². The fourth-order valence-corrected chi connectivity index (χ4v) is 3.35. The van der Waals surface area contributed by atoms with E-state index in [9.17, 15) is 18.0 Å². The number of alkyl halides is 3. The number of benzene rings is 1. The molecule has 0 aliphatic carbocycles. The number of rotatable bonds is 5. The van der Waals surface area contributed by atoms with Crippen molar-refractivity contribution in [3.05, 3.63) is 47.9 Å². The number of methoxy groups -OCH3 is 1. The number of amides is 1. The summed E-state index contributed by atoms with van der Waals surface area (Å²) in [5.41, 5.74) is 0.00735. The van der Waals surface area contributed by atoms with Gasteiger partial charge in [0, 0.05) is 25.1 Å². The molecule has 1 aromatic heterocycles. The zero-order valence-electron chi connectivity index (χ0n) is 16.2. The fourth-order valence-electron chi connectivity index (χ4n) is 3.35. The van der Waals surface area contributed by atoms with Crippen LogP contribution in [-0.2, 0) is 11.0 Å². The van der Waals surface area contributed by atoms with E-state index in [1.807, 2.05) is 31.2 Å². The van der Waals surface area contributed by atoms with Crippen molar-refractivity contribution in [2.24, 2.45) is 5.92 Å². The minimum absolute atomic E-state index is 0.0494. The Balaban J connectivity index is 1.55. The van der Waals surface area contributed by atoms with Gasteiger partial charge in [0.2, 0.25) is 5.91 Å². The number of nitrogens with one attached hydrogen (secondary N) is 1. The van der Waals surface area contributed by atoms with Crippen LogP contribution in [0.4, 0.5) is 19.0 Å². The molecule has 2 aromatic rings. The molecule has 29 heavy (non-hydrogen) atoms. The van der Waals surface area contributed by atoms with Gasteiger partial charge in [-0.2, -0.15) is 13.2 Å². The largest absolute Gasteiger partial charge is 0.497 e. The van der Waals surface area contributed by atoms with Gasteiger partial charge in [-0.3, -0.25) is 4.79 Å². The molecule has 0 spiro atoms. The standard InChI is InChI=1S/C20H23F3N4O2/c1-13(14-3-5-16(29-2)6-4-14)26-19(28)15-7-9-27(10-8-15)18-11-17(20(21,22)23)24-12-25-18/h3-6,11-13,15H,7-10H2,1-2H3,(H,26,28). The highest BCUT2D eigenvalue weighted by molar-refractivity contribution is 5.79. The molecule has 0 radical (unpaired) electrons. The number of nitrogens with zero attached hydrogens (tertiary/aromatic N) is 3. The van der Waals surface area contributed by atoms with E-state index in [-0.39, 0.29) is 23.7 Å². The lowest BCUT2D eigenvalue weighted by atomic mass is 9.95. The summed E-state index contributed by atoms with van der Waals surface area (Å²) in [6.07, 6.45) is -2.49. The fraction of sp³-hybridized carbons (Fsp3) is 0.450. The van der Waals surface area contributed by atoms with Gasteiger partial charge in [0.05, 0.1) is 13.2 Å². The lowest BCUT2D eigenvalue weighted by molar-refractivity contribution is -0.141. The van der Waals surface area contributed by atoms with Crippen LogP contribution in [0.2, 0.25) is 0 Å². The predicted octanol–water partition coefficient (Wildman–Crippen LogP) is 3.60. The minimum atomic E-state index is -4.51. The molecule has 1 aromatic carbocycles. The lowest BCUT2D eigenvalue weighted by Crippen LogP contribution is -2.41. The number of halogens is 3. The molecule has 1 N–H and O–H groups in total. The Morgan fingerprint density at radius 3 is 2.45 bits per heavy atom. The summed E-state index contributed by atoms with van der Waals surface area (Å²) in [6.45, 7) is 2.83. The van der Waals surface area contributed by atoms with Crippen LogP contribution < -0.4 is 15.0 Å². The first-order valence-corrected chi connectivity index (χ1v) is 9.36. The number of ether oxygens (including phenoxy) is 1. The van der Waals surface area contributed by atoms with Crippen LogP contribution in [0.3, 0.4) is 0 Å².